The Hall–Kier alpha value is -2.12. The predicted molar refractivity (Wildman–Crippen MR) is 46.5 cm³/mol. The number of aromatic nitrogens is 3. The van der Waals surface area contributed by atoms with Crippen LogP contribution in [0, 0.1) is 0 Å². The first-order chi connectivity index (χ1) is 7.38. The van der Waals surface area contributed by atoms with Crippen molar-refractivity contribution in [2.45, 2.75) is 6.18 Å². The van der Waals surface area contributed by atoms with Gasteiger partial charge >= 0.3 is 6.18 Å². The van der Waals surface area contributed by atoms with E-state index in [9.17, 15) is 18.0 Å². The smallest absolute Gasteiger partial charge is 0.364 e. The number of fused-ring (bicyclic) bond motifs is 1. The Morgan fingerprint density at radius 2 is 2.12 bits per heavy atom. The Labute approximate surface area is 86.7 Å². The molecular weight excluding hydrogens is 225 g/mol. The Kier molecular flexibility index (Phi) is 2.07. The largest absolute Gasteiger partial charge is 0.433 e. The number of primary amides is 1. The number of carbonyl (C=O) groups is 1. The van der Waals surface area contributed by atoms with Crippen LogP contribution in [0.1, 0.15) is 16.2 Å². The minimum absolute atomic E-state index is 0.0800. The minimum Gasteiger partial charge on any atom is -0.364 e. The summed E-state index contributed by atoms with van der Waals surface area (Å²) >= 11 is 0. The average Bonchev–Trinajstić information content (AvgIpc) is 2.58. The maximum atomic E-state index is 12.3. The van der Waals surface area contributed by atoms with Crippen molar-refractivity contribution < 1.29 is 18.0 Å². The second kappa shape index (κ2) is 3.19. The van der Waals surface area contributed by atoms with Gasteiger partial charge in [-0.3, -0.25) is 4.79 Å². The van der Waals surface area contributed by atoms with Crippen molar-refractivity contribution in [1.29, 1.82) is 0 Å². The highest BCUT2D eigenvalue weighted by Crippen LogP contribution is 2.27. The van der Waals surface area contributed by atoms with Gasteiger partial charge in [-0.1, -0.05) is 0 Å². The van der Waals surface area contributed by atoms with Crippen molar-refractivity contribution in [1.82, 2.24) is 14.6 Å². The van der Waals surface area contributed by atoms with E-state index in [2.05, 4.69) is 10.1 Å². The molecule has 0 bridgehead atoms. The molecule has 2 aromatic rings. The van der Waals surface area contributed by atoms with Crippen molar-refractivity contribution in [3.8, 4) is 0 Å². The fourth-order valence-electron chi connectivity index (χ4n) is 1.16. The summed E-state index contributed by atoms with van der Waals surface area (Å²) in [6.07, 6.45) is -3.46. The van der Waals surface area contributed by atoms with Gasteiger partial charge in [-0.2, -0.15) is 18.3 Å². The van der Waals surface area contributed by atoms with E-state index >= 15 is 0 Å². The summed E-state index contributed by atoms with van der Waals surface area (Å²) in [4.78, 5) is 14.1. The van der Waals surface area contributed by atoms with Crippen molar-refractivity contribution in [2.24, 2.45) is 5.73 Å². The highest BCUT2D eigenvalue weighted by atomic mass is 19.4. The molecule has 2 aromatic heterocycles. The fraction of sp³-hybridized carbons (Fsp3) is 0.125. The predicted octanol–water partition coefficient (Wildman–Crippen LogP) is 0.847. The molecule has 1 amide bonds. The molecule has 0 aliphatic rings. The Morgan fingerprint density at radius 1 is 1.44 bits per heavy atom. The third kappa shape index (κ3) is 1.69. The van der Waals surface area contributed by atoms with Gasteiger partial charge in [0.2, 0.25) is 0 Å². The zero-order chi connectivity index (χ0) is 11.9. The van der Waals surface area contributed by atoms with Gasteiger partial charge < -0.3 is 5.73 Å². The van der Waals surface area contributed by atoms with Crippen LogP contribution in [0.25, 0.3) is 5.65 Å². The van der Waals surface area contributed by atoms with E-state index in [1.165, 1.54) is 0 Å². The van der Waals surface area contributed by atoms with Crippen LogP contribution < -0.4 is 5.73 Å². The number of hydrogen-bond acceptors (Lipinski definition) is 3. The number of nitrogens with zero attached hydrogens (tertiary/aromatic N) is 3. The number of alkyl halides is 3. The van der Waals surface area contributed by atoms with Gasteiger partial charge in [-0.05, 0) is 6.07 Å². The second-order valence-electron chi connectivity index (χ2n) is 3.01. The van der Waals surface area contributed by atoms with Crippen molar-refractivity contribution >= 4 is 11.6 Å². The molecule has 0 spiro atoms. The normalized spacial score (nSPS) is 11.9. The Morgan fingerprint density at radius 3 is 2.69 bits per heavy atom. The monoisotopic (exact) mass is 230 g/mol. The van der Waals surface area contributed by atoms with Crippen LogP contribution in [0.2, 0.25) is 0 Å². The molecule has 0 fully saturated rings. The number of hydrogen-bond donors (Lipinski definition) is 1. The molecule has 84 valence electrons. The second-order valence-corrected chi connectivity index (χ2v) is 3.01. The van der Waals surface area contributed by atoms with E-state index in [1.807, 2.05) is 0 Å². The molecule has 0 aliphatic carbocycles. The van der Waals surface area contributed by atoms with E-state index < -0.39 is 17.8 Å². The summed E-state index contributed by atoms with van der Waals surface area (Å²) in [7, 11) is 0. The number of carbonyl (C=O) groups excluding carboxylic acids is 1. The van der Waals surface area contributed by atoms with Gasteiger partial charge in [-0.25, -0.2) is 9.50 Å². The van der Waals surface area contributed by atoms with E-state index in [1.54, 1.807) is 0 Å². The molecule has 2 heterocycles. The lowest BCUT2D eigenvalue weighted by Gasteiger charge is -2.04. The number of amides is 1. The maximum absolute atomic E-state index is 12.3. The van der Waals surface area contributed by atoms with Gasteiger partial charge in [-0.15, -0.1) is 0 Å². The standard InChI is InChI=1S/C8H5F3N4O/c9-8(10,11)5-1-2-15-6(13-5)3-4(14-15)7(12)16/h1-3H,(H2,12,16). The van der Waals surface area contributed by atoms with Crippen LogP contribution in [0.15, 0.2) is 18.3 Å². The summed E-state index contributed by atoms with van der Waals surface area (Å²) in [5.41, 5.74) is 3.68. The first-order valence-electron chi connectivity index (χ1n) is 4.11. The van der Waals surface area contributed by atoms with Crippen LogP contribution in [0.3, 0.4) is 0 Å². The van der Waals surface area contributed by atoms with E-state index in [0.717, 1.165) is 22.8 Å². The number of rotatable bonds is 1. The van der Waals surface area contributed by atoms with E-state index in [-0.39, 0.29) is 11.3 Å². The fourth-order valence-corrected chi connectivity index (χ4v) is 1.16. The number of halogens is 3. The molecular formula is C8H5F3N4O. The third-order valence-electron chi connectivity index (χ3n) is 1.87. The highest BCUT2D eigenvalue weighted by Gasteiger charge is 2.32. The molecule has 0 radical (unpaired) electrons. The lowest BCUT2D eigenvalue weighted by molar-refractivity contribution is -0.141. The summed E-state index contributed by atoms with van der Waals surface area (Å²) < 4.78 is 37.9. The van der Waals surface area contributed by atoms with E-state index in [4.69, 9.17) is 5.73 Å². The SMILES string of the molecule is NC(=O)c1cc2nc(C(F)(F)F)ccn2n1. The zero-order valence-corrected chi connectivity index (χ0v) is 7.69. The molecule has 0 saturated heterocycles. The van der Waals surface area contributed by atoms with Crippen LogP contribution in [0.4, 0.5) is 13.2 Å². The van der Waals surface area contributed by atoms with Crippen LogP contribution >= 0.6 is 0 Å². The highest BCUT2D eigenvalue weighted by molar-refractivity contribution is 5.91. The minimum atomic E-state index is -4.53. The molecule has 0 aliphatic heterocycles. The lowest BCUT2D eigenvalue weighted by atomic mass is 10.4. The Balaban J connectivity index is 2.58. The van der Waals surface area contributed by atoms with E-state index in [0.29, 0.717) is 0 Å². The molecule has 16 heavy (non-hydrogen) atoms. The topological polar surface area (TPSA) is 73.3 Å². The van der Waals surface area contributed by atoms with Crippen LogP contribution in [0.5, 0.6) is 0 Å². The summed E-state index contributed by atoms with van der Waals surface area (Å²) in [6, 6.07) is 1.86. The Bertz CT molecular complexity index is 560. The molecule has 0 aromatic carbocycles. The third-order valence-corrected chi connectivity index (χ3v) is 1.87. The first-order valence-corrected chi connectivity index (χ1v) is 4.11. The van der Waals surface area contributed by atoms with Gasteiger partial charge in [0.15, 0.2) is 11.3 Å². The molecule has 2 N–H and O–H groups in total. The lowest BCUT2D eigenvalue weighted by Crippen LogP contribution is -2.11. The van der Waals surface area contributed by atoms with Crippen molar-refractivity contribution in [3.05, 3.63) is 29.7 Å². The van der Waals surface area contributed by atoms with Crippen molar-refractivity contribution in [3.63, 3.8) is 0 Å². The molecule has 0 saturated carbocycles. The van der Waals surface area contributed by atoms with Gasteiger partial charge in [0.05, 0.1) is 0 Å². The number of nitrogens with two attached hydrogens (primary N) is 1. The van der Waals surface area contributed by atoms with Crippen molar-refractivity contribution in [2.75, 3.05) is 0 Å². The molecule has 0 unspecified atom stereocenters. The van der Waals surface area contributed by atoms with Crippen LogP contribution in [-0.2, 0) is 6.18 Å². The van der Waals surface area contributed by atoms with Gasteiger partial charge in [0.1, 0.15) is 5.69 Å². The molecule has 0 atom stereocenters. The quantitative estimate of drug-likeness (QED) is 0.789. The van der Waals surface area contributed by atoms with Crippen LogP contribution in [-0.4, -0.2) is 20.5 Å². The average molecular weight is 230 g/mol. The van der Waals surface area contributed by atoms with Gasteiger partial charge in [0.25, 0.3) is 5.91 Å². The molecule has 2 rings (SSSR count). The zero-order valence-electron chi connectivity index (χ0n) is 7.69. The molecule has 8 heteroatoms. The van der Waals surface area contributed by atoms with Gasteiger partial charge in [0, 0.05) is 12.3 Å². The maximum Gasteiger partial charge on any atom is 0.433 e. The molecule has 5 nitrogen and oxygen atoms in total. The summed E-state index contributed by atoms with van der Waals surface area (Å²) in [6.45, 7) is 0. The first kappa shape index (κ1) is 10.4. The summed E-state index contributed by atoms with van der Waals surface area (Å²) in [5.74, 6) is -0.820. The summed E-state index contributed by atoms with van der Waals surface area (Å²) in [5, 5.41) is 3.65.